The van der Waals surface area contributed by atoms with E-state index in [-0.39, 0.29) is 23.3 Å². The summed E-state index contributed by atoms with van der Waals surface area (Å²) >= 11 is 0. The molecule has 1 aromatic rings. The molecule has 0 radical (unpaired) electrons. The molecule has 0 aliphatic heterocycles. The van der Waals surface area contributed by atoms with Crippen molar-refractivity contribution in [3.8, 4) is 17.6 Å². The number of rotatable bonds is 4. The summed E-state index contributed by atoms with van der Waals surface area (Å²) in [7, 11) is 1.44. The number of hydrogen-bond donors (Lipinski definition) is 2. The van der Waals surface area contributed by atoms with Crippen molar-refractivity contribution >= 4 is 12.0 Å². The topological polar surface area (TPSA) is 82.3 Å². The molecular formula is C14H14N2O3. The highest BCUT2D eigenvalue weighted by atomic mass is 16.5. The first-order valence-corrected chi connectivity index (χ1v) is 5.93. The van der Waals surface area contributed by atoms with Gasteiger partial charge in [-0.15, -0.1) is 0 Å². The normalized spacial score (nSPS) is 14.6. The van der Waals surface area contributed by atoms with E-state index in [0.717, 1.165) is 12.8 Å². The third-order valence-electron chi connectivity index (χ3n) is 2.79. The number of carbonyl (C=O) groups excluding carboxylic acids is 1. The molecule has 0 heterocycles. The first-order valence-electron chi connectivity index (χ1n) is 5.93. The average Bonchev–Trinajstić information content (AvgIpc) is 3.21. The Balaban J connectivity index is 2.21. The summed E-state index contributed by atoms with van der Waals surface area (Å²) in [4.78, 5) is 11.8. The average molecular weight is 258 g/mol. The lowest BCUT2D eigenvalue weighted by Gasteiger charge is -2.05. The number of carbonyl (C=O) groups is 1. The number of amides is 1. The van der Waals surface area contributed by atoms with Crippen molar-refractivity contribution in [3.05, 3.63) is 29.3 Å². The maximum absolute atomic E-state index is 11.8. The molecule has 0 spiro atoms. The Labute approximate surface area is 111 Å². The minimum atomic E-state index is -0.364. The van der Waals surface area contributed by atoms with Gasteiger partial charge in [0, 0.05) is 6.04 Å². The molecule has 1 aliphatic rings. The van der Waals surface area contributed by atoms with Gasteiger partial charge in [-0.2, -0.15) is 5.26 Å². The second-order valence-corrected chi connectivity index (χ2v) is 4.35. The molecule has 0 aromatic heterocycles. The first-order chi connectivity index (χ1) is 9.13. The minimum absolute atomic E-state index is 0.0144. The van der Waals surface area contributed by atoms with E-state index < -0.39 is 0 Å². The molecule has 2 N–H and O–H groups in total. The lowest BCUT2D eigenvalue weighted by atomic mass is 10.1. The number of nitriles is 1. The van der Waals surface area contributed by atoms with Crippen LogP contribution in [0.15, 0.2) is 23.8 Å². The van der Waals surface area contributed by atoms with Gasteiger partial charge in [0.2, 0.25) is 0 Å². The van der Waals surface area contributed by atoms with Crippen molar-refractivity contribution in [3.63, 3.8) is 0 Å². The number of nitrogens with zero attached hydrogens (tertiary/aromatic N) is 1. The number of benzene rings is 1. The van der Waals surface area contributed by atoms with Crippen LogP contribution in [-0.2, 0) is 4.79 Å². The van der Waals surface area contributed by atoms with Crippen molar-refractivity contribution in [2.24, 2.45) is 0 Å². The molecule has 19 heavy (non-hydrogen) atoms. The fourth-order valence-corrected chi connectivity index (χ4v) is 1.59. The van der Waals surface area contributed by atoms with Gasteiger partial charge in [-0.1, -0.05) is 6.07 Å². The summed E-state index contributed by atoms with van der Waals surface area (Å²) in [6, 6.07) is 6.72. The molecule has 1 amide bonds. The summed E-state index contributed by atoms with van der Waals surface area (Å²) in [6.07, 6.45) is 3.41. The van der Waals surface area contributed by atoms with E-state index in [1.54, 1.807) is 12.1 Å². The molecule has 1 aromatic carbocycles. The third kappa shape index (κ3) is 3.26. The van der Waals surface area contributed by atoms with Crippen LogP contribution in [0.2, 0.25) is 0 Å². The van der Waals surface area contributed by atoms with Crippen LogP contribution in [-0.4, -0.2) is 24.2 Å². The van der Waals surface area contributed by atoms with Crippen molar-refractivity contribution in [1.29, 1.82) is 5.26 Å². The molecule has 0 saturated heterocycles. The van der Waals surface area contributed by atoms with E-state index in [9.17, 15) is 9.90 Å². The Kier molecular flexibility index (Phi) is 3.71. The van der Waals surface area contributed by atoms with E-state index in [0.29, 0.717) is 11.3 Å². The number of phenols is 1. The lowest BCUT2D eigenvalue weighted by molar-refractivity contribution is -0.117. The van der Waals surface area contributed by atoms with E-state index in [4.69, 9.17) is 10.00 Å². The Morgan fingerprint density at radius 2 is 2.32 bits per heavy atom. The smallest absolute Gasteiger partial charge is 0.262 e. The van der Waals surface area contributed by atoms with Gasteiger partial charge >= 0.3 is 0 Å². The van der Waals surface area contributed by atoms with Gasteiger partial charge in [-0.3, -0.25) is 4.79 Å². The molecule has 98 valence electrons. The summed E-state index contributed by atoms with van der Waals surface area (Å²) in [5.74, 6) is -0.0497. The van der Waals surface area contributed by atoms with Gasteiger partial charge in [0.15, 0.2) is 11.5 Å². The third-order valence-corrected chi connectivity index (χ3v) is 2.79. The quantitative estimate of drug-likeness (QED) is 0.634. The van der Waals surface area contributed by atoms with Crippen LogP contribution >= 0.6 is 0 Å². The second-order valence-electron chi connectivity index (χ2n) is 4.35. The predicted octanol–water partition coefficient (Wildman–Crippen LogP) is 1.59. The maximum Gasteiger partial charge on any atom is 0.262 e. The Hall–Kier alpha value is -2.48. The summed E-state index contributed by atoms with van der Waals surface area (Å²) in [6.45, 7) is 0. The lowest BCUT2D eigenvalue weighted by Crippen LogP contribution is -2.26. The van der Waals surface area contributed by atoms with Gasteiger partial charge in [0.05, 0.1) is 7.11 Å². The van der Waals surface area contributed by atoms with Crippen LogP contribution in [0, 0.1) is 11.3 Å². The van der Waals surface area contributed by atoms with Crippen LogP contribution in [0.4, 0.5) is 0 Å². The van der Waals surface area contributed by atoms with Gasteiger partial charge in [-0.25, -0.2) is 0 Å². The molecular weight excluding hydrogens is 244 g/mol. The van der Waals surface area contributed by atoms with Gasteiger partial charge in [0.25, 0.3) is 5.91 Å². The van der Waals surface area contributed by atoms with Crippen LogP contribution < -0.4 is 10.1 Å². The van der Waals surface area contributed by atoms with Crippen LogP contribution in [0.1, 0.15) is 18.4 Å². The highest BCUT2D eigenvalue weighted by Gasteiger charge is 2.24. The fourth-order valence-electron chi connectivity index (χ4n) is 1.59. The zero-order chi connectivity index (χ0) is 13.8. The van der Waals surface area contributed by atoms with Gasteiger partial charge < -0.3 is 15.2 Å². The Morgan fingerprint density at radius 3 is 2.89 bits per heavy atom. The van der Waals surface area contributed by atoms with E-state index >= 15 is 0 Å². The molecule has 5 nitrogen and oxygen atoms in total. The maximum atomic E-state index is 11.8. The van der Waals surface area contributed by atoms with Gasteiger partial charge in [0.1, 0.15) is 11.6 Å². The number of nitrogens with one attached hydrogen (secondary N) is 1. The van der Waals surface area contributed by atoms with Crippen LogP contribution in [0.25, 0.3) is 6.08 Å². The van der Waals surface area contributed by atoms with Crippen LogP contribution in [0.5, 0.6) is 11.5 Å². The highest BCUT2D eigenvalue weighted by Crippen LogP contribution is 2.27. The summed E-state index contributed by atoms with van der Waals surface area (Å²) < 4.78 is 4.97. The molecule has 0 bridgehead atoms. The standard InChI is InChI=1S/C14H14N2O3/c1-19-13-7-9(2-5-12(13)17)6-10(8-15)14(18)16-11-3-4-11/h2,5-7,11,17H,3-4H2,1H3,(H,16,18)/b10-6-. The van der Waals surface area contributed by atoms with E-state index in [1.165, 1.54) is 19.3 Å². The number of phenolic OH excluding ortho intramolecular Hbond substituents is 1. The first kappa shape index (κ1) is 13.0. The molecule has 5 heteroatoms. The zero-order valence-electron chi connectivity index (χ0n) is 10.5. The monoisotopic (exact) mass is 258 g/mol. The largest absolute Gasteiger partial charge is 0.504 e. The van der Waals surface area contributed by atoms with E-state index in [1.807, 2.05) is 6.07 Å². The Morgan fingerprint density at radius 1 is 1.58 bits per heavy atom. The van der Waals surface area contributed by atoms with Gasteiger partial charge in [-0.05, 0) is 36.6 Å². The molecule has 1 fully saturated rings. The molecule has 1 aliphatic carbocycles. The minimum Gasteiger partial charge on any atom is -0.504 e. The van der Waals surface area contributed by atoms with Crippen molar-refractivity contribution in [2.45, 2.75) is 18.9 Å². The summed E-state index contributed by atoms with van der Waals surface area (Å²) in [5, 5.41) is 21.2. The number of methoxy groups -OCH3 is 1. The Bertz CT molecular complexity index is 569. The SMILES string of the molecule is COc1cc(/C=C(/C#N)C(=O)NC2CC2)ccc1O. The van der Waals surface area contributed by atoms with Crippen molar-refractivity contribution < 1.29 is 14.6 Å². The highest BCUT2D eigenvalue weighted by molar-refractivity contribution is 6.02. The zero-order valence-corrected chi connectivity index (χ0v) is 10.5. The van der Waals surface area contributed by atoms with E-state index in [2.05, 4.69) is 5.32 Å². The predicted molar refractivity (Wildman–Crippen MR) is 69.4 cm³/mol. The number of aromatic hydroxyl groups is 1. The van der Waals surface area contributed by atoms with Crippen molar-refractivity contribution in [2.75, 3.05) is 7.11 Å². The molecule has 0 atom stereocenters. The molecule has 2 rings (SSSR count). The fraction of sp³-hybridized carbons (Fsp3) is 0.286. The van der Waals surface area contributed by atoms with Crippen molar-refractivity contribution in [1.82, 2.24) is 5.32 Å². The molecule has 0 unspecified atom stereocenters. The summed E-state index contributed by atoms with van der Waals surface area (Å²) in [5.41, 5.74) is 0.664. The number of hydrogen-bond acceptors (Lipinski definition) is 4. The van der Waals surface area contributed by atoms with Crippen LogP contribution in [0.3, 0.4) is 0 Å². The second kappa shape index (κ2) is 5.44. The number of ether oxygens (including phenoxy) is 1. The molecule has 1 saturated carbocycles.